The van der Waals surface area contributed by atoms with Crippen LogP contribution < -0.4 is 9.47 Å². The molecule has 1 aliphatic rings. The SMILES string of the molecule is Cc1ccc(OCC2CCOc3ccccc32)c(Br)c1. The Hall–Kier alpha value is -1.48. The summed E-state index contributed by atoms with van der Waals surface area (Å²) in [7, 11) is 0. The van der Waals surface area contributed by atoms with Crippen molar-refractivity contribution >= 4 is 15.9 Å². The summed E-state index contributed by atoms with van der Waals surface area (Å²) in [5.74, 6) is 2.29. The molecule has 20 heavy (non-hydrogen) atoms. The number of hydrogen-bond acceptors (Lipinski definition) is 2. The maximum atomic E-state index is 5.99. The molecule has 2 nitrogen and oxygen atoms in total. The highest BCUT2D eigenvalue weighted by atomic mass is 79.9. The van der Waals surface area contributed by atoms with Crippen LogP contribution in [-0.4, -0.2) is 13.2 Å². The van der Waals surface area contributed by atoms with Crippen molar-refractivity contribution in [2.24, 2.45) is 0 Å². The summed E-state index contributed by atoms with van der Waals surface area (Å²) in [4.78, 5) is 0. The molecule has 3 heteroatoms. The third-order valence-electron chi connectivity index (χ3n) is 3.61. The smallest absolute Gasteiger partial charge is 0.133 e. The van der Waals surface area contributed by atoms with Gasteiger partial charge < -0.3 is 9.47 Å². The lowest BCUT2D eigenvalue weighted by Gasteiger charge is -2.26. The second-order valence-corrected chi connectivity index (χ2v) is 5.97. The van der Waals surface area contributed by atoms with E-state index in [1.54, 1.807) is 0 Å². The Kier molecular flexibility index (Phi) is 3.97. The van der Waals surface area contributed by atoms with Gasteiger partial charge in [-0.2, -0.15) is 0 Å². The summed E-state index contributed by atoms with van der Waals surface area (Å²) in [6, 6.07) is 14.4. The first-order valence-electron chi connectivity index (χ1n) is 6.85. The highest BCUT2D eigenvalue weighted by molar-refractivity contribution is 9.10. The van der Waals surface area contributed by atoms with E-state index in [0.29, 0.717) is 12.5 Å². The zero-order valence-corrected chi connectivity index (χ0v) is 13.0. The molecule has 1 heterocycles. The number of para-hydroxylation sites is 1. The van der Waals surface area contributed by atoms with Gasteiger partial charge in [-0.1, -0.05) is 24.3 Å². The number of ether oxygens (including phenoxy) is 2. The molecule has 1 unspecified atom stereocenters. The van der Waals surface area contributed by atoms with Crippen LogP contribution in [0.5, 0.6) is 11.5 Å². The fourth-order valence-electron chi connectivity index (χ4n) is 2.50. The van der Waals surface area contributed by atoms with Gasteiger partial charge in [0.2, 0.25) is 0 Å². The number of benzene rings is 2. The van der Waals surface area contributed by atoms with E-state index in [2.05, 4.69) is 47.1 Å². The maximum absolute atomic E-state index is 5.99. The summed E-state index contributed by atoms with van der Waals surface area (Å²) in [5.41, 5.74) is 2.47. The van der Waals surface area contributed by atoms with E-state index in [-0.39, 0.29) is 0 Å². The molecule has 1 atom stereocenters. The standard InChI is InChI=1S/C17H17BrO2/c1-12-6-7-17(15(18)10-12)20-11-13-8-9-19-16-5-3-2-4-14(13)16/h2-7,10,13H,8-9,11H2,1H3. The molecule has 0 spiro atoms. The van der Waals surface area contributed by atoms with Crippen LogP contribution in [0.3, 0.4) is 0 Å². The molecule has 2 aromatic carbocycles. The molecule has 0 amide bonds. The normalized spacial score (nSPS) is 17.2. The Balaban J connectivity index is 1.73. The maximum Gasteiger partial charge on any atom is 0.133 e. The second kappa shape index (κ2) is 5.88. The van der Waals surface area contributed by atoms with Gasteiger partial charge in [-0.3, -0.25) is 0 Å². The minimum absolute atomic E-state index is 0.396. The minimum atomic E-state index is 0.396. The molecule has 0 bridgehead atoms. The summed E-state index contributed by atoms with van der Waals surface area (Å²) < 4.78 is 12.7. The van der Waals surface area contributed by atoms with Gasteiger partial charge in [-0.05, 0) is 53.0 Å². The van der Waals surface area contributed by atoms with E-state index in [1.165, 1.54) is 11.1 Å². The molecule has 0 saturated carbocycles. The van der Waals surface area contributed by atoms with Crippen molar-refractivity contribution in [2.75, 3.05) is 13.2 Å². The predicted octanol–water partition coefficient (Wildman–Crippen LogP) is 4.70. The molecule has 2 aromatic rings. The fraction of sp³-hybridized carbons (Fsp3) is 0.294. The average molecular weight is 333 g/mol. The zero-order chi connectivity index (χ0) is 13.9. The van der Waals surface area contributed by atoms with Gasteiger partial charge in [0.15, 0.2) is 0 Å². The topological polar surface area (TPSA) is 18.5 Å². The van der Waals surface area contributed by atoms with Gasteiger partial charge in [0.1, 0.15) is 11.5 Å². The predicted molar refractivity (Wildman–Crippen MR) is 83.7 cm³/mol. The van der Waals surface area contributed by atoms with E-state index in [4.69, 9.17) is 9.47 Å². The van der Waals surface area contributed by atoms with Crippen LogP contribution >= 0.6 is 15.9 Å². The van der Waals surface area contributed by atoms with Crippen LogP contribution in [0.15, 0.2) is 46.9 Å². The Bertz CT molecular complexity index is 610. The minimum Gasteiger partial charge on any atom is -0.493 e. The molecule has 3 rings (SSSR count). The lowest BCUT2D eigenvalue weighted by atomic mass is 9.94. The quantitative estimate of drug-likeness (QED) is 0.810. The first-order chi connectivity index (χ1) is 9.74. The van der Waals surface area contributed by atoms with Crippen molar-refractivity contribution in [3.8, 4) is 11.5 Å². The van der Waals surface area contributed by atoms with Crippen LogP contribution in [-0.2, 0) is 0 Å². The van der Waals surface area contributed by atoms with E-state index >= 15 is 0 Å². The first-order valence-corrected chi connectivity index (χ1v) is 7.64. The highest BCUT2D eigenvalue weighted by Crippen LogP contribution is 2.34. The van der Waals surface area contributed by atoms with Crippen molar-refractivity contribution in [2.45, 2.75) is 19.3 Å². The summed E-state index contributed by atoms with van der Waals surface area (Å²) in [6.07, 6.45) is 1.00. The monoisotopic (exact) mass is 332 g/mol. The van der Waals surface area contributed by atoms with Crippen molar-refractivity contribution in [1.29, 1.82) is 0 Å². The second-order valence-electron chi connectivity index (χ2n) is 5.12. The van der Waals surface area contributed by atoms with E-state index in [9.17, 15) is 0 Å². The third-order valence-corrected chi connectivity index (χ3v) is 4.23. The number of rotatable bonds is 3. The lowest BCUT2D eigenvalue weighted by Crippen LogP contribution is -2.19. The van der Waals surface area contributed by atoms with E-state index < -0.39 is 0 Å². The van der Waals surface area contributed by atoms with Gasteiger partial charge in [-0.15, -0.1) is 0 Å². The Labute approximate surface area is 127 Å². The molecular weight excluding hydrogens is 316 g/mol. The van der Waals surface area contributed by atoms with Gasteiger partial charge in [0, 0.05) is 11.5 Å². The van der Waals surface area contributed by atoms with Crippen molar-refractivity contribution in [3.63, 3.8) is 0 Å². The lowest BCUT2D eigenvalue weighted by molar-refractivity contribution is 0.217. The summed E-state index contributed by atoms with van der Waals surface area (Å²) in [5, 5.41) is 0. The Morgan fingerprint density at radius 3 is 2.95 bits per heavy atom. The largest absolute Gasteiger partial charge is 0.493 e. The number of halogens is 1. The van der Waals surface area contributed by atoms with Crippen LogP contribution in [0.1, 0.15) is 23.5 Å². The summed E-state index contributed by atoms with van der Waals surface area (Å²) in [6.45, 7) is 3.52. The Morgan fingerprint density at radius 1 is 1.25 bits per heavy atom. The van der Waals surface area contributed by atoms with Gasteiger partial charge in [0.05, 0.1) is 17.7 Å². The molecular formula is C17H17BrO2. The molecule has 0 aromatic heterocycles. The third kappa shape index (κ3) is 2.83. The van der Waals surface area contributed by atoms with Crippen molar-refractivity contribution in [3.05, 3.63) is 58.1 Å². The zero-order valence-electron chi connectivity index (χ0n) is 11.4. The molecule has 0 N–H and O–H groups in total. The van der Waals surface area contributed by atoms with Crippen LogP contribution in [0.4, 0.5) is 0 Å². The molecule has 0 saturated heterocycles. The molecule has 1 aliphatic heterocycles. The van der Waals surface area contributed by atoms with Gasteiger partial charge >= 0.3 is 0 Å². The van der Waals surface area contributed by atoms with Gasteiger partial charge in [-0.25, -0.2) is 0 Å². The first kappa shape index (κ1) is 13.5. The molecule has 0 radical (unpaired) electrons. The number of fused-ring (bicyclic) bond motifs is 1. The van der Waals surface area contributed by atoms with Crippen molar-refractivity contribution in [1.82, 2.24) is 0 Å². The van der Waals surface area contributed by atoms with Crippen LogP contribution in [0, 0.1) is 6.92 Å². The fourth-order valence-corrected chi connectivity index (χ4v) is 3.11. The average Bonchev–Trinajstić information content (AvgIpc) is 2.46. The Morgan fingerprint density at radius 2 is 2.10 bits per heavy atom. The molecule has 0 fully saturated rings. The van der Waals surface area contributed by atoms with Crippen LogP contribution in [0.2, 0.25) is 0 Å². The van der Waals surface area contributed by atoms with E-state index in [0.717, 1.165) is 29.0 Å². The summed E-state index contributed by atoms with van der Waals surface area (Å²) >= 11 is 3.55. The number of hydrogen-bond donors (Lipinski definition) is 0. The van der Waals surface area contributed by atoms with Gasteiger partial charge in [0.25, 0.3) is 0 Å². The van der Waals surface area contributed by atoms with Crippen molar-refractivity contribution < 1.29 is 9.47 Å². The number of aryl methyl sites for hydroxylation is 1. The van der Waals surface area contributed by atoms with E-state index in [1.807, 2.05) is 18.2 Å². The highest BCUT2D eigenvalue weighted by Gasteiger charge is 2.21. The molecule has 104 valence electrons. The van der Waals surface area contributed by atoms with Crippen LogP contribution in [0.25, 0.3) is 0 Å². The molecule has 0 aliphatic carbocycles.